The van der Waals surface area contributed by atoms with Crippen molar-refractivity contribution in [2.24, 2.45) is 0 Å². The number of aromatic nitrogens is 1. The Kier molecular flexibility index (Phi) is 7.88. The van der Waals surface area contributed by atoms with Gasteiger partial charge in [0.05, 0.1) is 12.6 Å². The normalized spacial score (nSPS) is 18.0. The second kappa shape index (κ2) is 11.9. The average molecular weight is 613 g/mol. The van der Waals surface area contributed by atoms with Crippen LogP contribution in [0.1, 0.15) is 27.6 Å². The van der Waals surface area contributed by atoms with E-state index in [0.717, 1.165) is 16.7 Å². The SMILES string of the molecule is Nc1cnc(C2=C(C(=O)ONC(=O)Cc3ccccc3)N3C(=O)C(=S)[C@@H]3SC2C(c2ccccc2)c2ccccc2)s1. The van der Waals surface area contributed by atoms with Gasteiger partial charge in [0.15, 0.2) is 0 Å². The number of thiocarbonyl (C=S) groups is 1. The van der Waals surface area contributed by atoms with Gasteiger partial charge < -0.3 is 10.6 Å². The Hall–Kier alpha value is -4.32. The highest BCUT2D eigenvalue weighted by Gasteiger charge is 2.55. The Morgan fingerprint density at radius 2 is 1.57 bits per heavy atom. The molecule has 3 heterocycles. The summed E-state index contributed by atoms with van der Waals surface area (Å²) >= 11 is 8.16. The highest BCUT2D eigenvalue weighted by molar-refractivity contribution is 8.03. The van der Waals surface area contributed by atoms with Crippen LogP contribution in [-0.4, -0.2) is 43.2 Å². The van der Waals surface area contributed by atoms with E-state index < -0.39 is 28.4 Å². The quantitative estimate of drug-likeness (QED) is 0.175. The Morgan fingerprint density at radius 3 is 2.14 bits per heavy atom. The molecule has 3 aromatic carbocycles. The van der Waals surface area contributed by atoms with Gasteiger partial charge in [-0.3, -0.25) is 14.5 Å². The molecule has 1 fully saturated rings. The monoisotopic (exact) mass is 612 g/mol. The Balaban J connectivity index is 1.45. The molecular formula is C31H24N4O4S3. The van der Waals surface area contributed by atoms with Crippen molar-refractivity contribution in [1.82, 2.24) is 15.4 Å². The molecule has 2 aliphatic heterocycles. The van der Waals surface area contributed by atoms with Gasteiger partial charge >= 0.3 is 5.97 Å². The number of fused-ring (bicyclic) bond motifs is 1. The van der Waals surface area contributed by atoms with Crippen molar-refractivity contribution in [3.8, 4) is 0 Å². The highest BCUT2D eigenvalue weighted by atomic mass is 32.2. The highest BCUT2D eigenvalue weighted by Crippen LogP contribution is 2.53. The predicted octanol–water partition coefficient (Wildman–Crippen LogP) is 4.74. The van der Waals surface area contributed by atoms with E-state index in [-0.39, 0.29) is 22.9 Å². The third kappa shape index (κ3) is 5.34. The first-order valence-corrected chi connectivity index (χ1v) is 15.2. The lowest BCUT2D eigenvalue weighted by atomic mass is 9.84. The molecular weight excluding hydrogens is 589 g/mol. The number of nitrogen functional groups attached to an aromatic ring is 1. The van der Waals surface area contributed by atoms with E-state index >= 15 is 0 Å². The van der Waals surface area contributed by atoms with Gasteiger partial charge in [-0.2, -0.15) is 5.48 Å². The number of hydrogen-bond donors (Lipinski definition) is 2. The van der Waals surface area contributed by atoms with Gasteiger partial charge in [0.1, 0.15) is 25.9 Å². The second-order valence-corrected chi connectivity index (χ2v) is 12.4. The van der Waals surface area contributed by atoms with E-state index in [1.54, 1.807) is 12.1 Å². The van der Waals surface area contributed by atoms with Gasteiger partial charge in [-0.25, -0.2) is 9.78 Å². The molecule has 4 aromatic rings. The molecule has 0 saturated carbocycles. The number of rotatable bonds is 7. The Bertz CT molecular complexity index is 1650. The Morgan fingerprint density at radius 1 is 0.976 bits per heavy atom. The molecule has 0 spiro atoms. The van der Waals surface area contributed by atoms with Crippen molar-refractivity contribution in [2.45, 2.75) is 23.0 Å². The van der Waals surface area contributed by atoms with Crippen LogP contribution in [-0.2, 0) is 25.6 Å². The fraction of sp³-hybridized carbons (Fsp3) is 0.129. The van der Waals surface area contributed by atoms with Crippen molar-refractivity contribution in [3.05, 3.63) is 125 Å². The summed E-state index contributed by atoms with van der Waals surface area (Å²) in [6, 6.07) is 29.0. The minimum absolute atomic E-state index is 0.00595. The molecule has 2 amide bonds. The summed E-state index contributed by atoms with van der Waals surface area (Å²) < 4.78 is 0. The van der Waals surface area contributed by atoms with Gasteiger partial charge in [-0.15, -0.1) is 11.8 Å². The van der Waals surface area contributed by atoms with Crippen molar-refractivity contribution in [2.75, 3.05) is 5.73 Å². The molecule has 3 N–H and O–H groups in total. The summed E-state index contributed by atoms with van der Waals surface area (Å²) in [5.41, 5.74) is 11.6. The minimum atomic E-state index is -0.883. The third-order valence-corrected chi connectivity index (χ3v) is 9.89. The molecule has 2 aliphatic rings. The van der Waals surface area contributed by atoms with Gasteiger partial charge in [0.2, 0.25) is 0 Å². The number of thioether (sulfide) groups is 1. The molecule has 2 atom stereocenters. The number of β-lactam (4-membered cyclic amide) rings is 1. The molecule has 0 bridgehead atoms. The molecule has 0 aliphatic carbocycles. The summed E-state index contributed by atoms with van der Waals surface area (Å²) in [7, 11) is 0. The lowest BCUT2D eigenvalue weighted by molar-refractivity contribution is -0.156. The number of benzene rings is 3. The number of nitrogens with zero attached hydrogens (tertiary/aromatic N) is 2. The maximum absolute atomic E-state index is 13.8. The predicted molar refractivity (Wildman–Crippen MR) is 167 cm³/mol. The average Bonchev–Trinajstić information content (AvgIpc) is 3.46. The first-order valence-electron chi connectivity index (χ1n) is 13.0. The van der Waals surface area contributed by atoms with Crippen LogP contribution in [0.5, 0.6) is 0 Å². The van der Waals surface area contributed by atoms with Crippen molar-refractivity contribution in [3.63, 3.8) is 0 Å². The van der Waals surface area contributed by atoms with Crippen LogP contribution in [0.15, 0.2) is 103 Å². The molecule has 8 nitrogen and oxygen atoms in total. The fourth-order valence-electron chi connectivity index (χ4n) is 5.11. The van der Waals surface area contributed by atoms with Crippen LogP contribution >= 0.6 is 35.3 Å². The number of hydroxylamine groups is 1. The van der Waals surface area contributed by atoms with Crippen LogP contribution in [0.3, 0.4) is 0 Å². The number of hydrogen-bond acceptors (Lipinski definition) is 9. The van der Waals surface area contributed by atoms with Crippen LogP contribution in [0.25, 0.3) is 5.57 Å². The van der Waals surface area contributed by atoms with Crippen LogP contribution < -0.4 is 11.2 Å². The number of nitrogens with two attached hydrogens (primary N) is 1. The van der Waals surface area contributed by atoms with Gasteiger partial charge in [0.25, 0.3) is 11.8 Å². The molecule has 1 saturated heterocycles. The lowest BCUT2D eigenvalue weighted by Crippen LogP contribution is -2.62. The molecule has 1 aromatic heterocycles. The van der Waals surface area contributed by atoms with Crippen LogP contribution in [0, 0.1) is 0 Å². The van der Waals surface area contributed by atoms with Gasteiger partial charge in [0, 0.05) is 16.7 Å². The maximum atomic E-state index is 13.8. The molecule has 1 unspecified atom stereocenters. The van der Waals surface area contributed by atoms with Crippen LogP contribution in [0.2, 0.25) is 0 Å². The summed E-state index contributed by atoms with van der Waals surface area (Å²) in [6.07, 6.45) is 1.54. The number of nitrogens with one attached hydrogen (secondary N) is 1. The molecule has 6 rings (SSSR count). The third-order valence-electron chi connectivity index (χ3n) is 6.98. The number of carbonyl (C=O) groups is 3. The number of amides is 2. The van der Waals surface area contributed by atoms with E-state index in [4.69, 9.17) is 22.8 Å². The fourth-order valence-corrected chi connectivity index (χ4v) is 7.98. The molecule has 42 heavy (non-hydrogen) atoms. The largest absolute Gasteiger partial charge is 0.389 e. The number of anilines is 1. The van der Waals surface area contributed by atoms with E-state index in [2.05, 4.69) is 10.5 Å². The van der Waals surface area contributed by atoms with Gasteiger partial charge in [-0.1, -0.05) is 115 Å². The lowest BCUT2D eigenvalue weighted by Gasteiger charge is -2.48. The summed E-state index contributed by atoms with van der Waals surface area (Å²) in [4.78, 5) is 51.0. The van der Waals surface area contributed by atoms with Crippen molar-refractivity contribution in [1.29, 1.82) is 0 Å². The number of carbonyl (C=O) groups excluding carboxylic acids is 3. The Labute approximate surface area is 255 Å². The van der Waals surface area contributed by atoms with E-state index in [1.165, 1.54) is 34.2 Å². The van der Waals surface area contributed by atoms with Crippen LogP contribution in [0.4, 0.5) is 5.00 Å². The zero-order valence-electron chi connectivity index (χ0n) is 22.0. The van der Waals surface area contributed by atoms with Gasteiger partial charge in [-0.05, 0) is 16.7 Å². The zero-order valence-corrected chi connectivity index (χ0v) is 24.5. The summed E-state index contributed by atoms with van der Waals surface area (Å²) in [5.74, 6) is -2.09. The molecule has 0 radical (unpaired) electrons. The number of thiazole rings is 1. The van der Waals surface area contributed by atoms with E-state index in [1.807, 2.05) is 78.9 Å². The zero-order chi connectivity index (χ0) is 29.2. The topological polar surface area (TPSA) is 115 Å². The second-order valence-electron chi connectivity index (χ2n) is 9.65. The first kappa shape index (κ1) is 27.8. The van der Waals surface area contributed by atoms with Crippen molar-refractivity contribution < 1.29 is 19.2 Å². The minimum Gasteiger partial charge on any atom is -0.389 e. The molecule has 11 heteroatoms. The smallest absolute Gasteiger partial charge is 0.379 e. The summed E-state index contributed by atoms with van der Waals surface area (Å²) in [6.45, 7) is 0. The first-order chi connectivity index (χ1) is 20.4. The van der Waals surface area contributed by atoms with Crippen molar-refractivity contribution >= 4 is 68.5 Å². The standard InChI is InChI=1S/C31H24N4O4S3/c32-21-17-33-28(41-21)24-25(31(38)39-34-22(36)16-18-10-4-1-5-11-18)35-29(37)26(40)30(35)42-27(24)23(19-12-6-2-7-13-19)20-14-8-3-9-15-20/h1-15,17,23,27,30H,16,32H2,(H,34,36)/t27?,30-/m0/s1. The summed E-state index contributed by atoms with van der Waals surface area (Å²) in [5, 5.41) is -0.0338. The molecule has 210 valence electrons. The maximum Gasteiger partial charge on any atom is 0.379 e. The van der Waals surface area contributed by atoms with E-state index in [0.29, 0.717) is 15.6 Å². The van der Waals surface area contributed by atoms with E-state index in [9.17, 15) is 14.4 Å².